The predicted molar refractivity (Wildman–Crippen MR) is 110 cm³/mol. The van der Waals surface area contributed by atoms with Gasteiger partial charge in [0.1, 0.15) is 6.04 Å². The second-order valence-corrected chi connectivity index (χ2v) is 7.62. The third-order valence-corrected chi connectivity index (χ3v) is 5.16. The van der Waals surface area contributed by atoms with Crippen molar-refractivity contribution in [1.29, 1.82) is 0 Å². The van der Waals surface area contributed by atoms with Gasteiger partial charge in [-0.25, -0.2) is 0 Å². The van der Waals surface area contributed by atoms with Gasteiger partial charge in [-0.15, -0.1) is 0 Å². The van der Waals surface area contributed by atoms with E-state index in [0.29, 0.717) is 23.0 Å². The van der Waals surface area contributed by atoms with Crippen molar-refractivity contribution < 1.29 is 14.4 Å². The van der Waals surface area contributed by atoms with Crippen LogP contribution in [0.5, 0.6) is 0 Å². The molecule has 1 atom stereocenters. The SMILES string of the molecule is NC(=O)C(CO)N(Cc1ccc(Br)cc1)Cc1cc(-c2ccccc2Cl)on1. The molecular weight excluding hydrogens is 446 g/mol. The van der Waals surface area contributed by atoms with E-state index in [1.54, 1.807) is 17.0 Å². The maximum absolute atomic E-state index is 11.8. The largest absolute Gasteiger partial charge is 0.394 e. The van der Waals surface area contributed by atoms with Crippen LogP contribution in [0, 0.1) is 0 Å². The highest BCUT2D eigenvalue weighted by Crippen LogP contribution is 2.28. The summed E-state index contributed by atoms with van der Waals surface area (Å²) in [6.07, 6.45) is 0. The Balaban J connectivity index is 1.84. The van der Waals surface area contributed by atoms with E-state index >= 15 is 0 Å². The van der Waals surface area contributed by atoms with Crippen LogP contribution < -0.4 is 5.73 Å². The van der Waals surface area contributed by atoms with Gasteiger partial charge in [-0.2, -0.15) is 0 Å². The van der Waals surface area contributed by atoms with Crippen molar-refractivity contribution in [2.24, 2.45) is 5.73 Å². The minimum Gasteiger partial charge on any atom is -0.394 e. The summed E-state index contributed by atoms with van der Waals surface area (Å²) in [6.45, 7) is 0.301. The van der Waals surface area contributed by atoms with Gasteiger partial charge >= 0.3 is 0 Å². The molecular formula is C20H19BrClN3O3. The van der Waals surface area contributed by atoms with Crippen LogP contribution in [-0.2, 0) is 17.9 Å². The highest BCUT2D eigenvalue weighted by Gasteiger charge is 2.25. The van der Waals surface area contributed by atoms with Gasteiger partial charge in [-0.1, -0.05) is 57.0 Å². The number of hydrogen-bond acceptors (Lipinski definition) is 5. The van der Waals surface area contributed by atoms with Crippen molar-refractivity contribution in [3.63, 3.8) is 0 Å². The molecule has 0 saturated heterocycles. The second kappa shape index (κ2) is 9.34. The molecule has 3 rings (SSSR count). The minimum atomic E-state index is -0.843. The van der Waals surface area contributed by atoms with Gasteiger partial charge in [0.2, 0.25) is 5.91 Å². The Kier molecular flexibility index (Phi) is 6.85. The molecule has 0 aliphatic heterocycles. The summed E-state index contributed by atoms with van der Waals surface area (Å²) < 4.78 is 6.38. The number of hydrogen-bond donors (Lipinski definition) is 2. The molecule has 3 aromatic rings. The standard InChI is InChI=1S/C20H19BrClN3O3/c21-14-7-5-13(6-8-14)10-25(18(12-26)20(23)27)11-15-9-19(28-24-15)16-3-1-2-4-17(16)22/h1-9,18,26H,10-12H2,(H2,23,27). The lowest BCUT2D eigenvalue weighted by atomic mass is 10.1. The number of aromatic nitrogens is 1. The maximum atomic E-state index is 11.8. The third kappa shape index (κ3) is 4.99. The molecule has 6 nitrogen and oxygen atoms in total. The highest BCUT2D eigenvalue weighted by molar-refractivity contribution is 9.10. The first-order chi connectivity index (χ1) is 13.5. The fraction of sp³-hybridized carbons (Fsp3) is 0.200. The van der Waals surface area contributed by atoms with Crippen molar-refractivity contribution in [3.05, 3.63) is 75.4 Å². The number of benzene rings is 2. The van der Waals surface area contributed by atoms with E-state index in [9.17, 15) is 9.90 Å². The van der Waals surface area contributed by atoms with E-state index in [2.05, 4.69) is 21.1 Å². The molecule has 0 radical (unpaired) electrons. The fourth-order valence-electron chi connectivity index (χ4n) is 2.87. The van der Waals surface area contributed by atoms with Crippen LogP contribution in [0.4, 0.5) is 0 Å². The zero-order chi connectivity index (χ0) is 20.1. The van der Waals surface area contributed by atoms with Crippen LogP contribution in [0.25, 0.3) is 11.3 Å². The number of carbonyl (C=O) groups excluding carboxylic acids is 1. The van der Waals surface area contributed by atoms with E-state index in [-0.39, 0.29) is 13.2 Å². The number of rotatable bonds is 8. The Bertz CT molecular complexity index is 946. The third-order valence-electron chi connectivity index (χ3n) is 4.30. The van der Waals surface area contributed by atoms with Crippen molar-refractivity contribution in [3.8, 4) is 11.3 Å². The van der Waals surface area contributed by atoms with Crippen molar-refractivity contribution >= 4 is 33.4 Å². The van der Waals surface area contributed by atoms with Crippen LogP contribution in [0.1, 0.15) is 11.3 Å². The lowest BCUT2D eigenvalue weighted by molar-refractivity contribution is -0.125. The van der Waals surface area contributed by atoms with Crippen molar-refractivity contribution in [2.75, 3.05) is 6.61 Å². The molecule has 0 spiro atoms. The average molecular weight is 465 g/mol. The number of amides is 1. The summed E-state index contributed by atoms with van der Waals surface area (Å²) in [7, 11) is 0. The quantitative estimate of drug-likeness (QED) is 0.531. The Morgan fingerprint density at radius 3 is 2.57 bits per heavy atom. The van der Waals surface area contributed by atoms with E-state index in [0.717, 1.165) is 15.6 Å². The predicted octanol–water partition coefficient (Wildman–Crippen LogP) is 3.61. The van der Waals surface area contributed by atoms with Gasteiger partial charge < -0.3 is 15.4 Å². The lowest BCUT2D eigenvalue weighted by Crippen LogP contribution is -2.46. The van der Waals surface area contributed by atoms with Gasteiger partial charge in [-0.3, -0.25) is 9.69 Å². The number of nitrogens with two attached hydrogens (primary N) is 1. The minimum absolute atomic E-state index is 0.276. The number of aliphatic hydroxyl groups excluding tert-OH is 1. The molecule has 1 amide bonds. The number of carbonyl (C=O) groups is 1. The zero-order valence-corrected chi connectivity index (χ0v) is 17.2. The monoisotopic (exact) mass is 463 g/mol. The molecule has 0 bridgehead atoms. The van der Waals surface area contributed by atoms with Crippen molar-refractivity contribution in [1.82, 2.24) is 10.1 Å². The molecule has 0 aliphatic rings. The van der Waals surface area contributed by atoms with Gasteiger partial charge in [0.05, 0.1) is 17.3 Å². The zero-order valence-electron chi connectivity index (χ0n) is 14.9. The second-order valence-electron chi connectivity index (χ2n) is 6.29. The molecule has 0 fully saturated rings. The molecule has 1 heterocycles. The summed E-state index contributed by atoms with van der Waals surface area (Å²) >= 11 is 9.61. The van der Waals surface area contributed by atoms with Gasteiger partial charge in [0, 0.05) is 29.2 Å². The van der Waals surface area contributed by atoms with E-state index in [4.69, 9.17) is 21.9 Å². The lowest BCUT2D eigenvalue weighted by Gasteiger charge is -2.27. The van der Waals surface area contributed by atoms with E-state index in [1.807, 2.05) is 42.5 Å². The molecule has 28 heavy (non-hydrogen) atoms. The van der Waals surface area contributed by atoms with E-state index in [1.165, 1.54) is 0 Å². The molecule has 146 valence electrons. The van der Waals surface area contributed by atoms with E-state index < -0.39 is 11.9 Å². The Hall–Kier alpha value is -2.19. The maximum Gasteiger partial charge on any atom is 0.237 e. The average Bonchev–Trinajstić information content (AvgIpc) is 3.12. The van der Waals surface area contributed by atoms with Gasteiger partial charge in [-0.05, 0) is 29.8 Å². The van der Waals surface area contributed by atoms with Crippen LogP contribution in [0.15, 0.2) is 63.6 Å². The van der Waals surface area contributed by atoms with Gasteiger partial charge in [0.15, 0.2) is 5.76 Å². The summed E-state index contributed by atoms with van der Waals surface area (Å²) in [5, 5.41) is 14.3. The van der Waals surface area contributed by atoms with Crippen molar-refractivity contribution in [2.45, 2.75) is 19.1 Å². The molecule has 1 unspecified atom stereocenters. The summed E-state index contributed by atoms with van der Waals surface area (Å²) in [5.74, 6) is -0.0711. The smallest absolute Gasteiger partial charge is 0.237 e. The molecule has 0 aliphatic carbocycles. The number of halogens is 2. The Labute approximate surface area is 176 Å². The van der Waals surface area contributed by atoms with Gasteiger partial charge in [0.25, 0.3) is 0 Å². The highest BCUT2D eigenvalue weighted by atomic mass is 79.9. The molecule has 3 N–H and O–H groups in total. The first-order valence-electron chi connectivity index (χ1n) is 8.57. The van der Waals surface area contributed by atoms with Crippen LogP contribution in [-0.4, -0.2) is 33.7 Å². The molecule has 0 saturated carbocycles. The first kappa shape index (κ1) is 20.5. The first-order valence-corrected chi connectivity index (χ1v) is 9.74. The molecule has 2 aromatic carbocycles. The number of nitrogens with zero attached hydrogens (tertiary/aromatic N) is 2. The molecule has 8 heteroatoms. The number of primary amides is 1. The number of aliphatic hydroxyl groups is 1. The fourth-order valence-corrected chi connectivity index (χ4v) is 3.36. The summed E-state index contributed by atoms with van der Waals surface area (Å²) in [4.78, 5) is 13.6. The van der Waals surface area contributed by atoms with Crippen LogP contribution in [0.2, 0.25) is 5.02 Å². The Morgan fingerprint density at radius 1 is 1.21 bits per heavy atom. The van der Waals surface area contributed by atoms with Crippen LogP contribution >= 0.6 is 27.5 Å². The topological polar surface area (TPSA) is 92.6 Å². The molecule has 1 aromatic heterocycles. The van der Waals surface area contributed by atoms with Crippen LogP contribution in [0.3, 0.4) is 0 Å². The normalized spacial score (nSPS) is 12.3. The Morgan fingerprint density at radius 2 is 1.93 bits per heavy atom. The summed E-state index contributed by atoms with van der Waals surface area (Å²) in [5.41, 5.74) is 7.79. The summed E-state index contributed by atoms with van der Waals surface area (Å²) in [6, 6.07) is 15.9.